The Labute approximate surface area is 136 Å². The number of rotatable bonds is 4. The number of hydrogen-bond acceptors (Lipinski definition) is 6. The molecule has 0 radical (unpaired) electrons. The van der Waals surface area contributed by atoms with Crippen molar-refractivity contribution in [2.24, 2.45) is 0 Å². The predicted molar refractivity (Wildman–Crippen MR) is 80.6 cm³/mol. The summed E-state index contributed by atoms with van der Waals surface area (Å²) in [5, 5.41) is 20.4. The molecule has 1 aliphatic rings. The van der Waals surface area contributed by atoms with Gasteiger partial charge < -0.3 is 5.11 Å². The summed E-state index contributed by atoms with van der Waals surface area (Å²) in [5.74, 6) is -2.40. The molecule has 0 spiro atoms. The number of aromatic nitrogens is 4. The molecule has 9 heteroatoms. The van der Waals surface area contributed by atoms with Gasteiger partial charge in [-0.25, -0.2) is 9.69 Å². The van der Waals surface area contributed by atoms with Gasteiger partial charge in [0.2, 0.25) is 11.8 Å². The van der Waals surface area contributed by atoms with E-state index in [2.05, 4.69) is 15.5 Å². The number of carboxylic acid groups (broad SMARTS) is 1. The van der Waals surface area contributed by atoms with Crippen molar-refractivity contribution in [3.05, 3.63) is 41.4 Å². The zero-order chi connectivity index (χ0) is 17.3. The van der Waals surface area contributed by atoms with Crippen molar-refractivity contribution in [1.82, 2.24) is 25.1 Å². The molecule has 1 N–H and O–H groups in total. The second kappa shape index (κ2) is 6.03. The fourth-order valence-electron chi connectivity index (χ4n) is 2.48. The highest BCUT2D eigenvalue weighted by atomic mass is 16.4. The fraction of sp³-hybridized carbons (Fsp3) is 0.200. The fourth-order valence-corrected chi connectivity index (χ4v) is 2.48. The Bertz CT molecular complexity index is 841. The first-order chi connectivity index (χ1) is 11.5. The number of aryl methyl sites for hydroxylation is 1. The van der Waals surface area contributed by atoms with Crippen LogP contribution in [0.15, 0.2) is 30.2 Å². The van der Waals surface area contributed by atoms with E-state index in [1.165, 1.54) is 17.1 Å². The number of aliphatic carboxylic acids is 1. The molecule has 9 nitrogen and oxygen atoms in total. The second-order valence-electron chi connectivity index (χ2n) is 5.27. The maximum Gasteiger partial charge on any atom is 0.353 e. The van der Waals surface area contributed by atoms with Crippen LogP contribution in [0.25, 0.3) is 11.8 Å². The molecule has 1 aromatic carbocycles. The molecule has 3 rings (SSSR count). The van der Waals surface area contributed by atoms with Gasteiger partial charge in [0.25, 0.3) is 0 Å². The monoisotopic (exact) mass is 327 g/mol. The van der Waals surface area contributed by atoms with Gasteiger partial charge in [-0.15, -0.1) is 5.10 Å². The van der Waals surface area contributed by atoms with Gasteiger partial charge in [0, 0.05) is 18.4 Å². The van der Waals surface area contributed by atoms with Crippen LogP contribution >= 0.6 is 0 Å². The number of amides is 2. The molecule has 0 atom stereocenters. The smallest absolute Gasteiger partial charge is 0.353 e. The van der Waals surface area contributed by atoms with Crippen LogP contribution in [0, 0.1) is 6.92 Å². The highest BCUT2D eigenvalue weighted by molar-refractivity contribution is 6.10. The number of benzene rings is 1. The minimum Gasteiger partial charge on any atom is -0.477 e. The number of imide groups is 1. The van der Waals surface area contributed by atoms with E-state index in [-0.39, 0.29) is 18.5 Å². The zero-order valence-electron chi connectivity index (χ0n) is 12.7. The molecule has 0 unspecified atom stereocenters. The number of nitrogens with zero attached hydrogens (tertiary/aromatic N) is 5. The van der Waals surface area contributed by atoms with Gasteiger partial charge >= 0.3 is 5.97 Å². The van der Waals surface area contributed by atoms with Crippen LogP contribution in [0.4, 0.5) is 0 Å². The first-order valence-electron chi connectivity index (χ1n) is 7.12. The van der Waals surface area contributed by atoms with Crippen molar-refractivity contribution >= 4 is 23.9 Å². The molecule has 0 aliphatic carbocycles. The molecule has 2 heterocycles. The lowest BCUT2D eigenvalue weighted by Crippen LogP contribution is -2.32. The molecular weight excluding hydrogens is 314 g/mol. The summed E-state index contributed by atoms with van der Waals surface area (Å²) in [6, 6.07) is 5.27. The maximum absolute atomic E-state index is 11.9. The Morgan fingerprint density at radius 1 is 1.25 bits per heavy atom. The predicted octanol–water partition coefficient (Wildman–Crippen LogP) is 0.545. The Morgan fingerprint density at radius 3 is 2.54 bits per heavy atom. The molecule has 0 saturated carbocycles. The third-order valence-electron chi connectivity index (χ3n) is 3.58. The molecule has 1 aromatic heterocycles. The van der Waals surface area contributed by atoms with Crippen molar-refractivity contribution in [3.63, 3.8) is 0 Å². The van der Waals surface area contributed by atoms with Crippen LogP contribution in [0.5, 0.6) is 0 Å². The van der Waals surface area contributed by atoms with Gasteiger partial charge in [0.05, 0.1) is 5.69 Å². The van der Waals surface area contributed by atoms with Crippen molar-refractivity contribution in [2.75, 3.05) is 0 Å². The second-order valence-corrected chi connectivity index (χ2v) is 5.27. The average Bonchev–Trinajstić information content (AvgIpc) is 3.16. The van der Waals surface area contributed by atoms with Crippen molar-refractivity contribution in [3.8, 4) is 5.69 Å². The SMILES string of the molecule is Cc1ccc(-n2cnnn2)c(/C=C(\C(=O)O)N2C(=O)CCC2=O)c1. The van der Waals surface area contributed by atoms with Gasteiger partial charge in [-0.2, -0.15) is 4.68 Å². The quantitative estimate of drug-likeness (QED) is 0.643. The van der Waals surface area contributed by atoms with Crippen LogP contribution in [0.3, 0.4) is 0 Å². The summed E-state index contributed by atoms with van der Waals surface area (Å²) >= 11 is 0. The van der Waals surface area contributed by atoms with E-state index >= 15 is 0 Å². The van der Waals surface area contributed by atoms with Crippen LogP contribution < -0.4 is 0 Å². The van der Waals surface area contributed by atoms with E-state index < -0.39 is 17.8 Å². The molecule has 2 aromatic rings. The molecule has 1 aliphatic heterocycles. The summed E-state index contributed by atoms with van der Waals surface area (Å²) in [6.07, 6.45) is 2.68. The van der Waals surface area contributed by atoms with E-state index in [9.17, 15) is 19.5 Å². The Hall–Kier alpha value is -3.36. The summed E-state index contributed by atoms with van der Waals surface area (Å²) in [4.78, 5) is 36.0. The number of likely N-dealkylation sites (tertiary alicyclic amines) is 1. The van der Waals surface area contributed by atoms with Crippen molar-refractivity contribution in [1.29, 1.82) is 0 Å². The van der Waals surface area contributed by atoms with Gasteiger partial charge in [0.1, 0.15) is 12.0 Å². The van der Waals surface area contributed by atoms with Gasteiger partial charge in [-0.3, -0.25) is 9.59 Å². The lowest BCUT2D eigenvalue weighted by atomic mass is 10.1. The molecule has 1 saturated heterocycles. The Balaban J connectivity index is 2.14. The number of hydrogen-bond donors (Lipinski definition) is 1. The lowest BCUT2D eigenvalue weighted by Gasteiger charge is -2.15. The van der Waals surface area contributed by atoms with Gasteiger partial charge in [-0.1, -0.05) is 11.6 Å². The largest absolute Gasteiger partial charge is 0.477 e. The van der Waals surface area contributed by atoms with Gasteiger partial charge in [-0.05, 0) is 35.6 Å². The molecule has 2 amide bonds. The van der Waals surface area contributed by atoms with E-state index in [1.807, 2.05) is 13.0 Å². The molecule has 24 heavy (non-hydrogen) atoms. The third kappa shape index (κ3) is 2.78. The first kappa shape index (κ1) is 15.5. The average molecular weight is 327 g/mol. The minimum atomic E-state index is -1.36. The minimum absolute atomic E-state index is 0.0110. The Morgan fingerprint density at radius 2 is 1.96 bits per heavy atom. The van der Waals surface area contributed by atoms with Crippen LogP contribution in [0.1, 0.15) is 24.0 Å². The lowest BCUT2D eigenvalue weighted by molar-refractivity contribution is -0.143. The third-order valence-corrected chi connectivity index (χ3v) is 3.58. The van der Waals surface area contributed by atoms with E-state index in [4.69, 9.17) is 0 Å². The van der Waals surface area contributed by atoms with E-state index in [0.29, 0.717) is 16.2 Å². The first-order valence-corrected chi connectivity index (χ1v) is 7.12. The van der Waals surface area contributed by atoms with Crippen molar-refractivity contribution in [2.45, 2.75) is 19.8 Å². The standard InChI is InChI=1S/C15H13N5O4/c1-9-2-3-11(19-8-16-17-18-19)10(6-9)7-12(15(23)24)20-13(21)4-5-14(20)22/h2-3,6-8H,4-5H2,1H3,(H,23,24)/b12-7+. The summed E-state index contributed by atoms with van der Waals surface area (Å²) in [5.41, 5.74) is 1.50. The summed E-state index contributed by atoms with van der Waals surface area (Å²) in [7, 11) is 0. The maximum atomic E-state index is 11.9. The number of tetrazole rings is 1. The van der Waals surface area contributed by atoms with Crippen LogP contribution in [0.2, 0.25) is 0 Å². The zero-order valence-corrected chi connectivity index (χ0v) is 12.7. The van der Waals surface area contributed by atoms with Crippen LogP contribution in [-0.2, 0) is 14.4 Å². The topological polar surface area (TPSA) is 118 Å². The molecule has 122 valence electrons. The number of carboxylic acids is 1. The number of carbonyl (C=O) groups excluding carboxylic acids is 2. The highest BCUT2D eigenvalue weighted by Crippen LogP contribution is 2.24. The Kier molecular flexibility index (Phi) is 3.90. The molecular formula is C15H13N5O4. The molecule has 0 bridgehead atoms. The normalized spacial score (nSPS) is 15.2. The van der Waals surface area contributed by atoms with E-state index in [1.54, 1.807) is 12.1 Å². The molecule has 1 fully saturated rings. The van der Waals surface area contributed by atoms with E-state index in [0.717, 1.165) is 5.56 Å². The highest BCUT2D eigenvalue weighted by Gasteiger charge is 2.35. The summed E-state index contributed by atoms with van der Waals surface area (Å²) < 4.78 is 1.37. The van der Waals surface area contributed by atoms with Gasteiger partial charge in [0.15, 0.2) is 0 Å². The number of carbonyl (C=O) groups is 3. The summed E-state index contributed by atoms with van der Waals surface area (Å²) in [6.45, 7) is 1.84. The van der Waals surface area contributed by atoms with Crippen LogP contribution in [-0.4, -0.2) is 48.0 Å². The van der Waals surface area contributed by atoms with Crippen molar-refractivity contribution < 1.29 is 19.5 Å².